The number of aromatic nitrogens is 1. The summed E-state index contributed by atoms with van der Waals surface area (Å²) < 4.78 is 5.21. The average Bonchev–Trinajstić information content (AvgIpc) is 2.35. The first-order valence-electron chi connectivity index (χ1n) is 5.83. The molecule has 1 heterocycles. The van der Waals surface area contributed by atoms with Gasteiger partial charge in [0.2, 0.25) is 0 Å². The van der Waals surface area contributed by atoms with Gasteiger partial charge in [-0.05, 0) is 26.0 Å². The number of nitrogens with zero attached hydrogens (tertiary/aromatic N) is 1. The molecule has 0 radical (unpaired) electrons. The zero-order valence-electron chi connectivity index (χ0n) is 10.3. The van der Waals surface area contributed by atoms with E-state index in [1.54, 1.807) is 12.3 Å². The van der Waals surface area contributed by atoms with E-state index >= 15 is 0 Å². The van der Waals surface area contributed by atoms with Gasteiger partial charge >= 0.3 is 0 Å². The van der Waals surface area contributed by atoms with Gasteiger partial charge in [0.25, 0.3) is 5.91 Å². The molecule has 1 amide bonds. The highest BCUT2D eigenvalue weighted by atomic mass is 16.5. The molecule has 0 aliphatic carbocycles. The number of carbonyl (C=O) groups excluding carboxylic acids is 1. The lowest BCUT2D eigenvalue weighted by Gasteiger charge is -2.07. The predicted octanol–water partition coefficient (Wildman–Crippen LogP) is 1.28. The number of nitrogens with one attached hydrogen (secondary N) is 2. The molecule has 0 aliphatic rings. The Morgan fingerprint density at radius 2 is 2.29 bits per heavy atom. The molecule has 0 saturated heterocycles. The molecule has 5 heteroatoms. The number of pyridine rings is 1. The van der Waals surface area contributed by atoms with E-state index in [0.717, 1.165) is 5.69 Å². The van der Waals surface area contributed by atoms with E-state index in [9.17, 15) is 4.79 Å². The lowest BCUT2D eigenvalue weighted by Crippen LogP contribution is -2.23. The Kier molecular flexibility index (Phi) is 6.03. The molecule has 5 nitrogen and oxygen atoms in total. The van der Waals surface area contributed by atoms with E-state index < -0.39 is 0 Å². The number of amides is 1. The predicted molar refractivity (Wildman–Crippen MR) is 67.2 cm³/mol. The van der Waals surface area contributed by atoms with Crippen LogP contribution in [0.4, 0.5) is 5.69 Å². The van der Waals surface area contributed by atoms with Crippen molar-refractivity contribution in [2.24, 2.45) is 0 Å². The number of carbonyl (C=O) groups is 1. The molecule has 94 valence electrons. The molecule has 1 aromatic heterocycles. The zero-order chi connectivity index (χ0) is 12.5. The van der Waals surface area contributed by atoms with E-state index in [2.05, 4.69) is 15.6 Å². The third-order valence-corrected chi connectivity index (χ3v) is 2.11. The molecule has 0 unspecified atom stereocenters. The van der Waals surface area contributed by atoms with Crippen LogP contribution < -0.4 is 10.6 Å². The molecule has 0 saturated carbocycles. The highest BCUT2D eigenvalue weighted by Gasteiger charge is 2.05. The molecule has 0 bridgehead atoms. The van der Waals surface area contributed by atoms with Crippen molar-refractivity contribution in [2.45, 2.75) is 13.8 Å². The molecule has 0 fully saturated rings. The lowest BCUT2D eigenvalue weighted by molar-refractivity contribution is 0.0951. The summed E-state index contributed by atoms with van der Waals surface area (Å²) >= 11 is 0. The van der Waals surface area contributed by atoms with Crippen LogP contribution in [0.25, 0.3) is 0 Å². The summed E-state index contributed by atoms with van der Waals surface area (Å²) in [5, 5.41) is 5.88. The van der Waals surface area contributed by atoms with Crippen molar-refractivity contribution in [3.8, 4) is 0 Å². The highest BCUT2D eigenvalue weighted by molar-refractivity contribution is 5.93. The second-order valence-corrected chi connectivity index (χ2v) is 3.41. The van der Waals surface area contributed by atoms with Gasteiger partial charge in [0.1, 0.15) is 5.69 Å². The van der Waals surface area contributed by atoms with Gasteiger partial charge < -0.3 is 15.4 Å². The number of hydrogen-bond acceptors (Lipinski definition) is 4. The van der Waals surface area contributed by atoms with Crippen LogP contribution in [0.1, 0.15) is 24.3 Å². The van der Waals surface area contributed by atoms with E-state index in [0.29, 0.717) is 32.0 Å². The third kappa shape index (κ3) is 4.82. The molecule has 17 heavy (non-hydrogen) atoms. The maximum absolute atomic E-state index is 11.5. The Hall–Kier alpha value is -1.62. The van der Waals surface area contributed by atoms with Crippen LogP contribution >= 0.6 is 0 Å². The molecule has 0 aromatic carbocycles. The second-order valence-electron chi connectivity index (χ2n) is 3.41. The SMILES string of the molecule is CCNC(=O)c1cc(NCCOCC)ccn1. The van der Waals surface area contributed by atoms with Crippen LogP contribution in [0.3, 0.4) is 0 Å². The second kappa shape index (κ2) is 7.62. The molecule has 0 aliphatic heterocycles. The monoisotopic (exact) mass is 237 g/mol. The van der Waals surface area contributed by atoms with Crippen LogP contribution in [0.15, 0.2) is 18.3 Å². The van der Waals surface area contributed by atoms with Crippen molar-refractivity contribution >= 4 is 11.6 Å². The topological polar surface area (TPSA) is 63.2 Å². The Labute approximate surface area is 102 Å². The molecular weight excluding hydrogens is 218 g/mol. The Bertz CT molecular complexity index is 355. The Morgan fingerprint density at radius 3 is 3.00 bits per heavy atom. The summed E-state index contributed by atoms with van der Waals surface area (Å²) in [6.45, 7) is 6.51. The molecule has 1 aromatic rings. The van der Waals surface area contributed by atoms with Gasteiger partial charge in [-0.15, -0.1) is 0 Å². The van der Waals surface area contributed by atoms with Crippen LogP contribution in [0.2, 0.25) is 0 Å². The highest BCUT2D eigenvalue weighted by Crippen LogP contribution is 2.07. The molecule has 2 N–H and O–H groups in total. The van der Waals surface area contributed by atoms with Gasteiger partial charge in [-0.1, -0.05) is 0 Å². The fourth-order valence-corrected chi connectivity index (χ4v) is 1.33. The van der Waals surface area contributed by atoms with Crippen LogP contribution in [-0.2, 0) is 4.74 Å². The minimum absolute atomic E-state index is 0.152. The first kappa shape index (κ1) is 13.4. The lowest BCUT2D eigenvalue weighted by atomic mass is 10.3. The van der Waals surface area contributed by atoms with Crippen LogP contribution in [0.5, 0.6) is 0 Å². The summed E-state index contributed by atoms with van der Waals surface area (Å²) in [6, 6.07) is 3.56. The molecular formula is C12H19N3O2. The Balaban J connectivity index is 2.50. The number of rotatable bonds is 7. The zero-order valence-corrected chi connectivity index (χ0v) is 10.3. The summed E-state index contributed by atoms with van der Waals surface area (Å²) in [5.41, 5.74) is 1.30. The van der Waals surface area contributed by atoms with Gasteiger partial charge in [-0.3, -0.25) is 9.78 Å². The summed E-state index contributed by atoms with van der Waals surface area (Å²) in [5.74, 6) is -0.152. The quantitative estimate of drug-likeness (QED) is 0.701. The number of anilines is 1. The van der Waals surface area contributed by atoms with Crippen molar-refractivity contribution in [1.29, 1.82) is 0 Å². The third-order valence-electron chi connectivity index (χ3n) is 2.11. The fraction of sp³-hybridized carbons (Fsp3) is 0.500. The normalized spacial score (nSPS) is 10.0. The maximum atomic E-state index is 11.5. The van der Waals surface area contributed by atoms with Crippen molar-refractivity contribution in [3.63, 3.8) is 0 Å². The molecule has 0 spiro atoms. The van der Waals surface area contributed by atoms with Crippen LogP contribution in [0, 0.1) is 0 Å². The minimum atomic E-state index is -0.152. The fourth-order valence-electron chi connectivity index (χ4n) is 1.33. The maximum Gasteiger partial charge on any atom is 0.269 e. The number of ether oxygens (including phenoxy) is 1. The smallest absolute Gasteiger partial charge is 0.269 e. The van der Waals surface area contributed by atoms with Crippen molar-refractivity contribution in [3.05, 3.63) is 24.0 Å². The van der Waals surface area contributed by atoms with Gasteiger partial charge in [0, 0.05) is 31.6 Å². The van der Waals surface area contributed by atoms with Crippen LogP contribution in [-0.4, -0.2) is 37.2 Å². The van der Waals surface area contributed by atoms with E-state index in [4.69, 9.17) is 4.74 Å². The van der Waals surface area contributed by atoms with Gasteiger partial charge in [-0.25, -0.2) is 0 Å². The average molecular weight is 237 g/mol. The van der Waals surface area contributed by atoms with Crippen molar-refractivity contribution in [2.75, 3.05) is 31.6 Å². The first-order valence-corrected chi connectivity index (χ1v) is 5.83. The summed E-state index contributed by atoms with van der Waals surface area (Å²) in [6.07, 6.45) is 1.62. The standard InChI is InChI=1S/C12H19N3O2/c1-3-13-12(16)11-9-10(5-6-15-11)14-7-8-17-4-2/h5-6,9H,3-4,7-8H2,1-2H3,(H,13,16)(H,14,15). The van der Waals surface area contributed by atoms with E-state index in [-0.39, 0.29) is 5.91 Å². The van der Waals surface area contributed by atoms with Gasteiger partial charge in [0.05, 0.1) is 6.61 Å². The number of hydrogen-bond donors (Lipinski definition) is 2. The van der Waals surface area contributed by atoms with Gasteiger partial charge in [-0.2, -0.15) is 0 Å². The minimum Gasteiger partial charge on any atom is -0.383 e. The van der Waals surface area contributed by atoms with E-state index in [1.165, 1.54) is 0 Å². The molecule has 0 atom stereocenters. The Morgan fingerprint density at radius 1 is 1.47 bits per heavy atom. The van der Waals surface area contributed by atoms with Crippen molar-refractivity contribution in [1.82, 2.24) is 10.3 Å². The molecule has 1 rings (SSSR count). The van der Waals surface area contributed by atoms with E-state index in [1.807, 2.05) is 19.9 Å². The largest absolute Gasteiger partial charge is 0.383 e. The van der Waals surface area contributed by atoms with Gasteiger partial charge in [0.15, 0.2) is 0 Å². The summed E-state index contributed by atoms with van der Waals surface area (Å²) in [7, 11) is 0. The van der Waals surface area contributed by atoms with Crippen molar-refractivity contribution < 1.29 is 9.53 Å². The summed E-state index contributed by atoms with van der Waals surface area (Å²) in [4.78, 5) is 15.6. The first-order chi connectivity index (χ1) is 8.27.